The molecule has 2 saturated heterocycles. The predicted octanol–water partition coefficient (Wildman–Crippen LogP) is 0.831. The molecule has 64 valence electrons. The summed E-state index contributed by atoms with van der Waals surface area (Å²) in [4.78, 5) is 2.38. The third kappa shape index (κ3) is 1.42. The van der Waals surface area contributed by atoms with Gasteiger partial charge in [0.05, 0.1) is 0 Å². The quantitative estimate of drug-likeness (QED) is 0.602. The fourth-order valence-corrected chi connectivity index (χ4v) is 2.45. The maximum absolute atomic E-state index is 3.65. The number of fused-ring (bicyclic) bond motifs is 2. The van der Waals surface area contributed by atoms with Crippen LogP contribution in [0.5, 0.6) is 0 Å². The average molecular weight is 154 g/mol. The van der Waals surface area contributed by atoms with E-state index < -0.39 is 0 Å². The normalized spacial score (nSPS) is 43.4. The fourth-order valence-electron chi connectivity index (χ4n) is 2.45. The minimum absolute atomic E-state index is 0.834. The molecule has 2 fully saturated rings. The first-order chi connectivity index (χ1) is 5.25. The van der Waals surface area contributed by atoms with Crippen LogP contribution in [-0.4, -0.2) is 37.1 Å². The summed E-state index contributed by atoms with van der Waals surface area (Å²) < 4.78 is 0. The van der Waals surface area contributed by atoms with Gasteiger partial charge in [-0.25, -0.2) is 0 Å². The lowest BCUT2D eigenvalue weighted by molar-refractivity contribution is 0.203. The minimum atomic E-state index is 0.834. The zero-order chi connectivity index (χ0) is 7.84. The summed E-state index contributed by atoms with van der Waals surface area (Å²) in [5, 5.41) is 3.65. The van der Waals surface area contributed by atoms with E-state index in [4.69, 9.17) is 0 Å². The number of hydrogen-bond acceptors (Lipinski definition) is 2. The lowest BCUT2D eigenvalue weighted by Crippen LogP contribution is -2.45. The Morgan fingerprint density at radius 3 is 2.09 bits per heavy atom. The Labute approximate surface area is 69.0 Å². The zero-order valence-electron chi connectivity index (χ0n) is 7.51. The van der Waals surface area contributed by atoms with Crippen molar-refractivity contribution < 1.29 is 0 Å². The first-order valence-corrected chi connectivity index (χ1v) is 4.68. The molecule has 1 N–H and O–H groups in total. The Morgan fingerprint density at radius 2 is 1.64 bits per heavy atom. The van der Waals surface area contributed by atoms with Gasteiger partial charge in [-0.3, -0.25) is 0 Å². The third-order valence-electron chi connectivity index (χ3n) is 3.18. The highest BCUT2D eigenvalue weighted by molar-refractivity contribution is 4.94. The van der Waals surface area contributed by atoms with Crippen LogP contribution in [0.4, 0.5) is 0 Å². The van der Waals surface area contributed by atoms with Gasteiger partial charge in [-0.15, -0.1) is 0 Å². The molecule has 2 nitrogen and oxygen atoms in total. The topological polar surface area (TPSA) is 15.3 Å². The van der Waals surface area contributed by atoms with Gasteiger partial charge in [0.15, 0.2) is 0 Å². The highest BCUT2D eigenvalue weighted by Crippen LogP contribution is 2.28. The van der Waals surface area contributed by atoms with Gasteiger partial charge in [-0.2, -0.15) is 0 Å². The molecule has 3 atom stereocenters. The molecule has 2 rings (SSSR count). The molecule has 0 aromatic heterocycles. The van der Waals surface area contributed by atoms with Crippen molar-refractivity contribution >= 4 is 0 Å². The standard InChI is InChI=1S/C9H18N2/c1-11(2)9-5-7-3-4-8(6-9)10-7/h7-10H,3-6H2,1-2H3/t7-,8+,9?. The van der Waals surface area contributed by atoms with Crippen molar-refractivity contribution in [1.82, 2.24) is 10.2 Å². The second-order valence-corrected chi connectivity index (χ2v) is 4.23. The Kier molecular flexibility index (Phi) is 1.90. The lowest BCUT2D eigenvalue weighted by Gasteiger charge is -2.33. The molecule has 0 saturated carbocycles. The summed E-state index contributed by atoms with van der Waals surface area (Å²) in [6.45, 7) is 0. The van der Waals surface area contributed by atoms with Crippen LogP contribution in [0.25, 0.3) is 0 Å². The summed E-state index contributed by atoms with van der Waals surface area (Å²) >= 11 is 0. The van der Waals surface area contributed by atoms with Crippen molar-refractivity contribution in [3.63, 3.8) is 0 Å². The number of nitrogens with one attached hydrogen (secondary N) is 1. The number of hydrogen-bond donors (Lipinski definition) is 1. The molecule has 0 amide bonds. The zero-order valence-corrected chi connectivity index (χ0v) is 7.51. The van der Waals surface area contributed by atoms with Gasteiger partial charge in [0.25, 0.3) is 0 Å². The summed E-state index contributed by atoms with van der Waals surface area (Å²) in [6, 6.07) is 2.51. The molecule has 0 aromatic rings. The fraction of sp³-hybridized carbons (Fsp3) is 1.00. The largest absolute Gasteiger partial charge is 0.311 e. The van der Waals surface area contributed by atoms with Crippen molar-refractivity contribution in [2.45, 2.75) is 43.8 Å². The SMILES string of the molecule is CN(C)C1C[C@H]2CC[C@@H](C1)N2. The smallest absolute Gasteiger partial charge is 0.0119 e. The minimum Gasteiger partial charge on any atom is -0.311 e. The van der Waals surface area contributed by atoms with Crippen LogP contribution in [0.2, 0.25) is 0 Å². The van der Waals surface area contributed by atoms with E-state index in [2.05, 4.69) is 24.3 Å². The van der Waals surface area contributed by atoms with Gasteiger partial charge in [-0.1, -0.05) is 0 Å². The molecule has 2 heteroatoms. The Bertz CT molecular complexity index is 132. The summed E-state index contributed by atoms with van der Waals surface area (Å²) in [5.74, 6) is 0. The molecule has 0 aromatic carbocycles. The molecule has 1 unspecified atom stereocenters. The van der Waals surface area contributed by atoms with E-state index in [0.717, 1.165) is 18.1 Å². The Hall–Kier alpha value is -0.0800. The van der Waals surface area contributed by atoms with E-state index in [1.165, 1.54) is 25.7 Å². The van der Waals surface area contributed by atoms with E-state index in [9.17, 15) is 0 Å². The van der Waals surface area contributed by atoms with Crippen LogP contribution < -0.4 is 5.32 Å². The maximum atomic E-state index is 3.65. The van der Waals surface area contributed by atoms with Crippen molar-refractivity contribution in [2.24, 2.45) is 0 Å². The van der Waals surface area contributed by atoms with Gasteiger partial charge in [0, 0.05) is 18.1 Å². The van der Waals surface area contributed by atoms with Gasteiger partial charge >= 0.3 is 0 Å². The number of nitrogens with zero attached hydrogens (tertiary/aromatic N) is 1. The average Bonchev–Trinajstić information content (AvgIpc) is 2.30. The van der Waals surface area contributed by atoms with Crippen molar-refractivity contribution in [3.8, 4) is 0 Å². The van der Waals surface area contributed by atoms with E-state index >= 15 is 0 Å². The second kappa shape index (κ2) is 2.76. The van der Waals surface area contributed by atoms with Crippen LogP contribution in [0, 0.1) is 0 Å². The summed E-state index contributed by atoms with van der Waals surface area (Å²) in [5.41, 5.74) is 0. The Balaban J connectivity index is 1.97. The summed E-state index contributed by atoms with van der Waals surface area (Å²) in [7, 11) is 4.41. The molecule has 0 spiro atoms. The summed E-state index contributed by atoms with van der Waals surface area (Å²) in [6.07, 6.45) is 5.55. The van der Waals surface area contributed by atoms with Crippen LogP contribution >= 0.6 is 0 Å². The molecule has 2 aliphatic heterocycles. The Morgan fingerprint density at radius 1 is 1.09 bits per heavy atom. The molecular weight excluding hydrogens is 136 g/mol. The first kappa shape index (κ1) is 7.56. The predicted molar refractivity (Wildman–Crippen MR) is 46.7 cm³/mol. The molecule has 11 heavy (non-hydrogen) atoms. The molecule has 2 aliphatic rings. The maximum Gasteiger partial charge on any atom is 0.0119 e. The third-order valence-corrected chi connectivity index (χ3v) is 3.18. The molecule has 2 heterocycles. The molecule has 0 aliphatic carbocycles. The highest BCUT2D eigenvalue weighted by atomic mass is 15.1. The van der Waals surface area contributed by atoms with Crippen LogP contribution in [0.3, 0.4) is 0 Å². The van der Waals surface area contributed by atoms with Crippen molar-refractivity contribution in [2.75, 3.05) is 14.1 Å². The van der Waals surface area contributed by atoms with E-state index in [0.29, 0.717) is 0 Å². The first-order valence-electron chi connectivity index (χ1n) is 4.68. The second-order valence-electron chi connectivity index (χ2n) is 4.23. The molecule has 0 radical (unpaired) electrons. The molecular formula is C9H18N2. The van der Waals surface area contributed by atoms with Gasteiger partial charge < -0.3 is 10.2 Å². The van der Waals surface area contributed by atoms with E-state index in [1.54, 1.807) is 0 Å². The molecule has 2 bridgehead atoms. The van der Waals surface area contributed by atoms with E-state index in [-0.39, 0.29) is 0 Å². The van der Waals surface area contributed by atoms with E-state index in [1.807, 2.05) is 0 Å². The van der Waals surface area contributed by atoms with Gasteiger partial charge in [-0.05, 0) is 39.8 Å². The number of piperidine rings is 1. The highest BCUT2D eigenvalue weighted by Gasteiger charge is 2.33. The van der Waals surface area contributed by atoms with Crippen molar-refractivity contribution in [1.29, 1.82) is 0 Å². The van der Waals surface area contributed by atoms with Gasteiger partial charge in [0.1, 0.15) is 0 Å². The van der Waals surface area contributed by atoms with Crippen LogP contribution in [-0.2, 0) is 0 Å². The lowest BCUT2D eigenvalue weighted by atomic mass is 9.99. The van der Waals surface area contributed by atoms with Gasteiger partial charge in [0.2, 0.25) is 0 Å². The van der Waals surface area contributed by atoms with Crippen LogP contribution in [0.1, 0.15) is 25.7 Å². The monoisotopic (exact) mass is 154 g/mol. The van der Waals surface area contributed by atoms with Crippen LogP contribution in [0.15, 0.2) is 0 Å². The number of rotatable bonds is 1. The van der Waals surface area contributed by atoms with Crippen molar-refractivity contribution in [3.05, 3.63) is 0 Å².